The predicted molar refractivity (Wildman–Crippen MR) is 50.7 cm³/mol. The van der Waals surface area contributed by atoms with Crippen LogP contribution in [-0.4, -0.2) is 22.0 Å². The first-order valence-corrected chi connectivity index (χ1v) is 4.23. The van der Waals surface area contributed by atoms with Gasteiger partial charge in [-0.25, -0.2) is 4.79 Å². The van der Waals surface area contributed by atoms with E-state index in [1.807, 2.05) is 0 Å². The van der Waals surface area contributed by atoms with Crippen LogP contribution in [0.4, 0.5) is 0 Å². The van der Waals surface area contributed by atoms with Crippen molar-refractivity contribution in [1.82, 2.24) is 5.16 Å². The second kappa shape index (κ2) is 3.20. The van der Waals surface area contributed by atoms with Crippen molar-refractivity contribution in [3.63, 3.8) is 0 Å². The molecule has 0 unspecified atom stereocenters. The van der Waals surface area contributed by atoms with E-state index in [4.69, 9.17) is 9.63 Å². The smallest absolute Gasteiger partial charge is 0.377 e. The van der Waals surface area contributed by atoms with Crippen LogP contribution in [0, 0.1) is 6.92 Å². The number of benzene rings is 1. The second-order valence-corrected chi connectivity index (χ2v) is 3.11. The van der Waals surface area contributed by atoms with E-state index in [-0.39, 0.29) is 5.56 Å². The Labute approximate surface area is 84.3 Å². The summed E-state index contributed by atoms with van der Waals surface area (Å²) in [7, 11) is 0. The van der Waals surface area contributed by atoms with Crippen molar-refractivity contribution in [3.8, 4) is 0 Å². The van der Waals surface area contributed by atoms with Crippen molar-refractivity contribution in [2.45, 2.75) is 6.92 Å². The highest BCUT2D eigenvalue weighted by atomic mass is 16.5. The van der Waals surface area contributed by atoms with Gasteiger partial charge in [0.15, 0.2) is 5.58 Å². The Balaban J connectivity index is 2.57. The average Bonchev–Trinajstić information content (AvgIpc) is 2.59. The molecule has 0 radical (unpaired) electrons. The number of aromatic nitrogens is 1. The molecule has 0 aliphatic rings. The summed E-state index contributed by atoms with van der Waals surface area (Å²) in [4.78, 5) is 21.6. The molecule has 15 heavy (non-hydrogen) atoms. The number of aryl methyl sites for hydroxylation is 1. The normalized spacial score (nSPS) is 10.5. The van der Waals surface area contributed by atoms with Crippen LogP contribution in [0.3, 0.4) is 0 Å². The maximum Gasteiger partial charge on any atom is 0.377 e. The maximum atomic E-state index is 11.1. The number of Topliss-reactive ketones (excluding diaryl/α,β-unsaturated/α-hetero) is 1. The first kappa shape index (κ1) is 9.39. The fourth-order valence-corrected chi connectivity index (χ4v) is 1.33. The third kappa shape index (κ3) is 1.48. The van der Waals surface area contributed by atoms with Crippen LogP contribution in [-0.2, 0) is 4.79 Å². The van der Waals surface area contributed by atoms with E-state index in [1.165, 1.54) is 12.1 Å². The van der Waals surface area contributed by atoms with Crippen LogP contribution in [0.25, 0.3) is 11.0 Å². The highest BCUT2D eigenvalue weighted by Crippen LogP contribution is 2.19. The van der Waals surface area contributed by atoms with Crippen molar-refractivity contribution < 1.29 is 19.2 Å². The quantitative estimate of drug-likeness (QED) is 0.592. The fraction of sp³-hybridized carbons (Fsp3) is 0.100. The van der Waals surface area contributed by atoms with E-state index in [1.54, 1.807) is 13.0 Å². The highest BCUT2D eigenvalue weighted by molar-refractivity contribution is 6.40. The largest absolute Gasteiger partial charge is 0.475 e. The minimum absolute atomic E-state index is 0.0890. The van der Waals surface area contributed by atoms with Gasteiger partial charge >= 0.3 is 5.97 Å². The highest BCUT2D eigenvalue weighted by Gasteiger charge is 2.16. The van der Waals surface area contributed by atoms with E-state index in [2.05, 4.69) is 5.16 Å². The molecule has 0 spiro atoms. The van der Waals surface area contributed by atoms with Gasteiger partial charge in [0.2, 0.25) is 0 Å². The van der Waals surface area contributed by atoms with Crippen LogP contribution in [0.1, 0.15) is 16.1 Å². The SMILES string of the molecule is Cc1noc2cc(C(=O)C(=O)O)ccc12. The summed E-state index contributed by atoms with van der Waals surface area (Å²) in [5.74, 6) is -2.43. The Bertz CT molecular complexity index is 556. The van der Waals surface area contributed by atoms with Gasteiger partial charge in [0, 0.05) is 10.9 Å². The lowest BCUT2D eigenvalue weighted by Gasteiger charge is -1.94. The topological polar surface area (TPSA) is 80.4 Å². The lowest BCUT2D eigenvalue weighted by molar-refractivity contribution is -0.131. The van der Waals surface area contributed by atoms with Gasteiger partial charge in [-0.15, -0.1) is 0 Å². The van der Waals surface area contributed by atoms with Crippen LogP contribution in [0.5, 0.6) is 0 Å². The number of carbonyl (C=O) groups excluding carboxylic acids is 1. The summed E-state index contributed by atoms with van der Waals surface area (Å²) in [5, 5.41) is 13.0. The molecule has 0 atom stereocenters. The Morgan fingerprint density at radius 3 is 2.80 bits per heavy atom. The molecule has 0 saturated heterocycles. The molecule has 0 aliphatic heterocycles. The molecule has 0 fully saturated rings. The van der Waals surface area contributed by atoms with E-state index in [0.717, 1.165) is 5.39 Å². The second-order valence-electron chi connectivity index (χ2n) is 3.11. The molecule has 76 valence electrons. The summed E-state index contributed by atoms with van der Waals surface area (Å²) in [6.45, 7) is 1.77. The Hall–Kier alpha value is -2.17. The number of hydrogen-bond acceptors (Lipinski definition) is 4. The molecule has 0 amide bonds. The van der Waals surface area contributed by atoms with E-state index in [0.29, 0.717) is 11.3 Å². The summed E-state index contributed by atoms with van der Waals surface area (Å²) in [6.07, 6.45) is 0. The molecule has 1 heterocycles. The van der Waals surface area contributed by atoms with Crippen LogP contribution >= 0.6 is 0 Å². The molecule has 0 aliphatic carbocycles. The van der Waals surface area contributed by atoms with Crippen LogP contribution in [0.15, 0.2) is 22.7 Å². The molecule has 2 rings (SSSR count). The fourth-order valence-electron chi connectivity index (χ4n) is 1.33. The van der Waals surface area contributed by atoms with Gasteiger partial charge < -0.3 is 9.63 Å². The van der Waals surface area contributed by atoms with Gasteiger partial charge in [-0.05, 0) is 25.1 Å². The molecular formula is C10H7NO4. The molecule has 2 aromatic rings. The summed E-state index contributed by atoms with van der Waals surface area (Å²) < 4.78 is 4.92. The molecule has 5 nitrogen and oxygen atoms in total. The number of carboxylic acids is 1. The lowest BCUT2D eigenvalue weighted by Crippen LogP contribution is -2.12. The number of aliphatic carboxylic acids is 1. The number of fused-ring (bicyclic) bond motifs is 1. The number of carboxylic acid groups (broad SMARTS) is 1. The zero-order valence-corrected chi connectivity index (χ0v) is 7.85. The first-order chi connectivity index (χ1) is 7.09. The number of rotatable bonds is 2. The molecule has 1 aromatic heterocycles. The average molecular weight is 205 g/mol. The number of nitrogens with zero attached hydrogens (tertiary/aromatic N) is 1. The molecule has 0 bridgehead atoms. The van der Waals surface area contributed by atoms with Crippen molar-refractivity contribution in [2.24, 2.45) is 0 Å². The third-order valence-corrected chi connectivity index (χ3v) is 2.11. The zero-order chi connectivity index (χ0) is 11.0. The Morgan fingerprint density at radius 2 is 2.13 bits per heavy atom. The number of carbonyl (C=O) groups is 2. The van der Waals surface area contributed by atoms with Crippen LogP contribution in [0.2, 0.25) is 0 Å². The number of hydrogen-bond donors (Lipinski definition) is 1. The minimum Gasteiger partial charge on any atom is -0.475 e. The summed E-state index contributed by atoms with van der Waals surface area (Å²) in [6, 6.07) is 4.45. The van der Waals surface area contributed by atoms with Crippen molar-refractivity contribution in [1.29, 1.82) is 0 Å². The van der Waals surface area contributed by atoms with E-state index in [9.17, 15) is 9.59 Å². The van der Waals surface area contributed by atoms with Gasteiger partial charge in [-0.1, -0.05) is 5.16 Å². The number of ketones is 1. The Morgan fingerprint density at radius 1 is 1.40 bits per heavy atom. The predicted octanol–water partition coefficient (Wildman–Crippen LogP) is 1.40. The molecule has 1 aromatic carbocycles. The van der Waals surface area contributed by atoms with Crippen molar-refractivity contribution in [2.75, 3.05) is 0 Å². The molecule has 1 N–H and O–H groups in total. The van der Waals surface area contributed by atoms with Gasteiger partial charge in [0.1, 0.15) is 0 Å². The molecule has 0 saturated carbocycles. The molecular weight excluding hydrogens is 198 g/mol. The molecule has 5 heteroatoms. The zero-order valence-electron chi connectivity index (χ0n) is 7.85. The summed E-state index contributed by atoms with van der Waals surface area (Å²) in [5.41, 5.74) is 1.21. The lowest BCUT2D eigenvalue weighted by atomic mass is 10.1. The van der Waals surface area contributed by atoms with E-state index >= 15 is 0 Å². The van der Waals surface area contributed by atoms with Crippen molar-refractivity contribution >= 4 is 22.7 Å². The van der Waals surface area contributed by atoms with Crippen LogP contribution < -0.4 is 0 Å². The van der Waals surface area contributed by atoms with Crippen molar-refractivity contribution in [3.05, 3.63) is 29.5 Å². The van der Waals surface area contributed by atoms with Gasteiger partial charge in [0.25, 0.3) is 5.78 Å². The maximum absolute atomic E-state index is 11.1. The monoisotopic (exact) mass is 205 g/mol. The first-order valence-electron chi connectivity index (χ1n) is 4.23. The van der Waals surface area contributed by atoms with E-state index < -0.39 is 11.8 Å². The van der Waals surface area contributed by atoms with Gasteiger partial charge in [0.05, 0.1) is 5.69 Å². The van der Waals surface area contributed by atoms with Gasteiger partial charge in [-0.2, -0.15) is 0 Å². The third-order valence-electron chi connectivity index (χ3n) is 2.11. The Kier molecular flexibility index (Phi) is 2.00. The standard InChI is InChI=1S/C10H7NO4/c1-5-7-3-2-6(9(12)10(13)14)4-8(7)15-11-5/h2-4H,1H3,(H,13,14). The summed E-state index contributed by atoms with van der Waals surface area (Å²) >= 11 is 0. The minimum atomic E-state index is -1.48. The van der Waals surface area contributed by atoms with Gasteiger partial charge in [-0.3, -0.25) is 4.79 Å².